The van der Waals surface area contributed by atoms with E-state index in [4.69, 9.17) is 10.5 Å². The topological polar surface area (TPSA) is 77.0 Å². The average molecular weight is 183 g/mol. The van der Waals surface area contributed by atoms with Crippen molar-refractivity contribution in [2.24, 2.45) is 15.7 Å². The summed E-state index contributed by atoms with van der Waals surface area (Å²) < 4.78 is 4.74. The minimum absolute atomic E-state index is 0.0596. The Kier molecular flexibility index (Phi) is 2.36. The Bertz CT molecular complexity index is 292. The van der Waals surface area contributed by atoms with E-state index in [1.807, 2.05) is 0 Å². The number of nitrogens with zero attached hydrogens (tertiary/aromatic N) is 2. The summed E-state index contributed by atoms with van der Waals surface area (Å²) in [5, 5.41) is 0. The first-order valence-corrected chi connectivity index (χ1v) is 4.09. The van der Waals surface area contributed by atoms with Crippen LogP contribution < -0.4 is 5.73 Å². The van der Waals surface area contributed by atoms with Gasteiger partial charge in [0, 0.05) is 0 Å². The molecule has 5 nitrogen and oxygen atoms in total. The van der Waals surface area contributed by atoms with E-state index in [1.54, 1.807) is 20.8 Å². The number of carbonyl (C=O) groups is 1. The monoisotopic (exact) mass is 183 g/mol. The number of hydrogen-bond donors (Lipinski definition) is 1. The van der Waals surface area contributed by atoms with E-state index in [1.165, 1.54) is 0 Å². The molecule has 72 valence electrons. The molecule has 13 heavy (non-hydrogen) atoms. The maximum atomic E-state index is 11.2. The third kappa shape index (κ3) is 1.85. The van der Waals surface area contributed by atoms with Crippen LogP contribution in [-0.4, -0.2) is 29.8 Å². The molecule has 1 aliphatic rings. The molecular weight excluding hydrogens is 170 g/mol. The van der Waals surface area contributed by atoms with Crippen LogP contribution in [0.5, 0.6) is 0 Å². The molecular formula is C8H13N3O2. The molecule has 0 aromatic rings. The van der Waals surface area contributed by atoms with Gasteiger partial charge in [-0.1, -0.05) is 0 Å². The van der Waals surface area contributed by atoms with Crippen molar-refractivity contribution in [1.29, 1.82) is 0 Å². The number of amidine groups is 2. The fraction of sp³-hybridized carbons (Fsp3) is 0.625. The fourth-order valence-corrected chi connectivity index (χ4v) is 0.885. The zero-order chi connectivity index (χ0) is 10.1. The summed E-state index contributed by atoms with van der Waals surface area (Å²) in [7, 11) is 0. The third-order valence-electron chi connectivity index (χ3n) is 1.70. The molecule has 5 heteroatoms. The van der Waals surface area contributed by atoms with Gasteiger partial charge in [0.1, 0.15) is 11.4 Å². The van der Waals surface area contributed by atoms with Crippen molar-refractivity contribution in [3.63, 3.8) is 0 Å². The second kappa shape index (κ2) is 3.16. The molecule has 1 heterocycles. The minimum atomic E-state index is -0.581. The molecule has 0 aromatic carbocycles. The number of carbonyl (C=O) groups excluding carboxylic acids is 1. The standard InChI is InChI=1S/C8H13N3O2/c1-4-13-6(12)5-10-7(9)8(2,3)11-5/h4H2,1-3H3,(H2,9,10,11). The second-order valence-electron chi connectivity index (χ2n) is 3.21. The van der Waals surface area contributed by atoms with Crippen LogP contribution in [0.1, 0.15) is 20.8 Å². The van der Waals surface area contributed by atoms with Gasteiger partial charge in [0.25, 0.3) is 0 Å². The molecule has 1 aliphatic heterocycles. The molecule has 0 radical (unpaired) electrons. The first-order chi connectivity index (χ1) is 5.97. The number of hydrogen-bond acceptors (Lipinski definition) is 5. The number of rotatable bonds is 2. The number of esters is 1. The highest BCUT2D eigenvalue weighted by atomic mass is 16.5. The molecule has 0 aromatic heterocycles. The molecule has 0 saturated carbocycles. The van der Waals surface area contributed by atoms with E-state index < -0.39 is 11.5 Å². The number of ether oxygens (including phenoxy) is 1. The van der Waals surface area contributed by atoms with E-state index in [-0.39, 0.29) is 5.84 Å². The molecule has 0 fully saturated rings. The minimum Gasteiger partial charge on any atom is -0.460 e. The van der Waals surface area contributed by atoms with Crippen LogP contribution in [0.15, 0.2) is 9.98 Å². The predicted octanol–water partition coefficient (Wildman–Crippen LogP) is 0.0974. The van der Waals surface area contributed by atoms with Gasteiger partial charge < -0.3 is 10.5 Å². The van der Waals surface area contributed by atoms with Crippen molar-refractivity contribution in [1.82, 2.24) is 0 Å². The lowest BCUT2D eigenvalue weighted by molar-refractivity contribution is -0.135. The number of aliphatic imine (C=N–C) groups is 2. The van der Waals surface area contributed by atoms with Crippen molar-refractivity contribution < 1.29 is 9.53 Å². The summed E-state index contributed by atoms with van der Waals surface area (Å²) in [6.45, 7) is 5.62. The Balaban J connectivity index is 2.81. The second-order valence-corrected chi connectivity index (χ2v) is 3.21. The van der Waals surface area contributed by atoms with Gasteiger partial charge in [0.2, 0.25) is 5.84 Å². The lowest BCUT2D eigenvalue weighted by atomic mass is 10.1. The normalized spacial score (nSPS) is 19.3. The van der Waals surface area contributed by atoms with E-state index in [9.17, 15) is 4.79 Å². The van der Waals surface area contributed by atoms with E-state index >= 15 is 0 Å². The highest BCUT2D eigenvalue weighted by Crippen LogP contribution is 2.16. The lowest BCUT2D eigenvalue weighted by Crippen LogP contribution is -2.33. The van der Waals surface area contributed by atoms with Crippen molar-refractivity contribution in [3.8, 4) is 0 Å². The zero-order valence-corrected chi connectivity index (χ0v) is 8.00. The van der Waals surface area contributed by atoms with Gasteiger partial charge in [-0.25, -0.2) is 14.8 Å². The van der Waals surface area contributed by atoms with Gasteiger partial charge in [0.15, 0.2) is 0 Å². The molecule has 0 amide bonds. The lowest BCUT2D eigenvalue weighted by Gasteiger charge is -2.11. The van der Waals surface area contributed by atoms with E-state index in [0.717, 1.165) is 0 Å². The Morgan fingerprint density at radius 3 is 2.62 bits per heavy atom. The maximum Gasteiger partial charge on any atom is 0.376 e. The fourth-order valence-electron chi connectivity index (χ4n) is 0.885. The van der Waals surface area contributed by atoms with Gasteiger partial charge in [-0.2, -0.15) is 0 Å². The molecule has 0 bridgehead atoms. The molecule has 0 saturated heterocycles. The summed E-state index contributed by atoms with van der Waals surface area (Å²) in [5.74, 6) is -0.115. The van der Waals surface area contributed by atoms with Crippen LogP contribution in [0.4, 0.5) is 0 Å². The molecule has 0 atom stereocenters. The van der Waals surface area contributed by atoms with Gasteiger partial charge in [-0.15, -0.1) is 0 Å². The van der Waals surface area contributed by atoms with Crippen molar-refractivity contribution in [2.45, 2.75) is 26.3 Å². The van der Waals surface area contributed by atoms with Crippen molar-refractivity contribution in [2.75, 3.05) is 6.61 Å². The summed E-state index contributed by atoms with van der Waals surface area (Å²) in [6.07, 6.45) is 0. The third-order valence-corrected chi connectivity index (χ3v) is 1.70. The first kappa shape index (κ1) is 9.70. The SMILES string of the molecule is CCOC(=O)C1=NC(C)(C)C(N)=N1. The van der Waals surface area contributed by atoms with Gasteiger partial charge in [0.05, 0.1) is 6.61 Å². The summed E-state index contributed by atoms with van der Waals surface area (Å²) >= 11 is 0. The van der Waals surface area contributed by atoms with E-state index in [0.29, 0.717) is 12.4 Å². The van der Waals surface area contributed by atoms with Crippen LogP contribution in [0.2, 0.25) is 0 Å². The first-order valence-electron chi connectivity index (χ1n) is 4.09. The van der Waals surface area contributed by atoms with Crippen LogP contribution in [-0.2, 0) is 9.53 Å². The quantitative estimate of drug-likeness (QED) is 0.616. The highest BCUT2D eigenvalue weighted by molar-refractivity contribution is 6.39. The summed E-state index contributed by atoms with van der Waals surface area (Å²) in [4.78, 5) is 19.0. The Hall–Kier alpha value is -1.39. The molecule has 0 unspecified atom stereocenters. The van der Waals surface area contributed by atoms with Crippen molar-refractivity contribution in [3.05, 3.63) is 0 Å². The zero-order valence-electron chi connectivity index (χ0n) is 8.00. The van der Waals surface area contributed by atoms with Crippen LogP contribution >= 0.6 is 0 Å². The number of nitrogens with two attached hydrogens (primary N) is 1. The largest absolute Gasteiger partial charge is 0.460 e. The Morgan fingerprint density at radius 1 is 1.62 bits per heavy atom. The molecule has 0 aliphatic carbocycles. The summed E-state index contributed by atoms with van der Waals surface area (Å²) in [5.41, 5.74) is 4.98. The van der Waals surface area contributed by atoms with Crippen molar-refractivity contribution >= 4 is 17.6 Å². The summed E-state index contributed by atoms with van der Waals surface area (Å²) in [6, 6.07) is 0. The van der Waals surface area contributed by atoms with Crippen LogP contribution in [0, 0.1) is 0 Å². The molecule has 1 rings (SSSR count). The smallest absolute Gasteiger partial charge is 0.376 e. The average Bonchev–Trinajstić information content (AvgIpc) is 2.27. The highest BCUT2D eigenvalue weighted by Gasteiger charge is 2.31. The van der Waals surface area contributed by atoms with Crippen LogP contribution in [0.25, 0.3) is 0 Å². The Labute approximate surface area is 76.7 Å². The van der Waals surface area contributed by atoms with Crippen LogP contribution in [0.3, 0.4) is 0 Å². The molecule has 0 spiro atoms. The van der Waals surface area contributed by atoms with E-state index in [2.05, 4.69) is 9.98 Å². The van der Waals surface area contributed by atoms with Gasteiger partial charge in [-0.05, 0) is 20.8 Å². The predicted molar refractivity (Wildman–Crippen MR) is 49.8 cm³/mol. The van der Waals surface area contributed by atoms with Gasteiger partial charge in [-0.3, -0.25) is 0 Å². The maximum absolute atomic E-state index is 11.2. The molecule has 2 N–H and O–H groups in total. The van der Waals surface area contributed by atoms with Gasteiger partial charge >= 0.3 is 5.97 Å². The Morgan fingerprint density at radius 2 is 2.23 bits per heavy atom.